The number of rotatable bonds is 3. The number of fused-ring (bicyclic) bond motifs is 1. The zero-order valence-electron chi connectivity index (χ0n) is 13.7. The molecule has 4 rings (SSSR count). The summed E-state index contributed by atoms with van der Waals surface area (Å²) >= 11 is 1.41. The van der Waals surface area contributed by atoms with Gasteiger partial charge in [0.1, 0.15) is 16.9 Å². The number of nitrogens with zero attached hydrogens (tertiary/aromatic N) is 2. The predicted molar refractivity (Wildman–Crippen MR) is 105 cm³/mol. The van der Waals surface area contributed by atoms with Crippen LogP contribution in [-0.2, 0) is 0 Å². The van der Waals surface area contributed by atoms with Crippen LogP contribution >= 0.6 is 11.3 Å². The summed E-state index contributed by atoms with van der Waals surface area (Å²) in [6.45, 7) is 0. The monoisotopic (exact) mass is 356 g/mol. The van der Waals surface area contributed by atoms with Gasteiger partial charge in [0.25, 0.3) is 0 Å². The third-order valence-corrected chi connectivity index (χ3v) is 4.99. The Hall–Kier alpha value is -3.29. The van der Waals surface area contributed by atoms with Gasteiger partial charge in [-0.25, -0.2) is 9.37 Å². The summed E-state index contributed by atoms with van der Waals surface area (Å²) in [6, 6.07) is 22.6. The third kappa shape index (κ3) is 3.13. The number of aromatic nitrogens is 1. The zero-order valence-corrected chi connectivity index (χ0v) is 14.5. The minimum Gasteiger partial charge on any atom is -0.235 e. The van der Waals surface area contributed by atoms with Crippen LogP contribution in [0.25, 0.3) is 33.7 Å². The minimum absolute atomic E-state index is 0.280. The molecule has 0 aliphatic rings. The van der Waals surface area contributed by atoms with Crippen LogP contribution in [0.5, 0.6) is 0 Å². The average Bonchev–Trinajstić information content (AvgIpc) is 3.16. The van der Waals surface area contributed by atoms with Crippen LogP contribution in [0, 0.1) is 17.1 Å². The first-order chi connectivity index (χ1) is 12.7. The van der Waals surface area contributed by atoms with E-state index in [4.69, 9.17) is 0 Å². The highest BCUT2D eigenvalue weighted by Crippen LogP contribution is 2.29. The van der Waals surface area contributed by atoms with Crippen molar-refractivity contribution in [1.29, 1.82) is 5.26 Å². The first-order valence-electron chi connectivity index (χ1n) is 8.06. The number of nitriles is 1. The first-order valence-corrected chi connectivity index (χ1v) is 8.94. The fourth-order valence-electron chi connectivity index (χ4n) is 2.82. The molecular formula is C22H13FN2S. The molecule has 4 aromatic rings. The van der Waals surface area contributed by atoms with Crippen molar-refractivity contribution in [1.82, 2.24) is 4.98 Å². The van der Waals surface area contributed by atoms with E-state index in [2.05, 4.69) is 23.2 Å². The summed E-state index contributed by atoms with van der Waals surface area (Å²) in [5, 5.41) is 14.4. The van der Waals surface area contributed by atoms with Crippen molar-refractivity contribution in [3.8, 4) is 17.3 Å². The van der Waals surface area contributed by atoms with Crippen LogP contribution in [-0.4, -0.2) is 4.98 Å². The van der Waals surface area contributed by atoms with Crippen LogP contribution in [0.15, 0.2) is 72.1 Å². The van der Waals surface area contributed by atoms with E-state index in [9.17, 15) is 9.65 Å². The Labute approximate surface area is 154 Å². The molecule has 1 heterocycles. The number of allylic oxidation sites excluding steroid dienone is 1. The van der Waals surface area contributed by atoms with Crippen molar-refractivity contribution in [2.75, 3.05) is 0 Å². The lowest BCUT2D eigenvalue weighted by atomic mass is 10.0. The zero-order chi connectivity index (χ0) is 17.9. The van der Waals surface area contributed by atoms with Crippen molar-refractivity contribution in [2.45, 2.75) is 0 Å². The Bertz CT molecular complexity index is 1150. The summed E-state index contributed by atoms with van der Waals surface area (Å²) in [7, 11) is 0. The van der Waals surface area contributed by atoms with Gasteiger partial charge in [0.15, 0.2) is 0 Å². The SMILES string of the molecule is N#CC(=Cc1cccc2ccccc12)c1nc(-c2ccc(F)cc2)cs1. The van der Waals surface area contributed by atoms with E-state index < -0.39 is 0 Å². The highest BCUT2D eigenvalue weighted by molar-refractivity contribution is 7.11. The van der Waals surface area contributed by atoms with Crippen LogP contribution in [0.4, 0.5) is 4.39 Å². The second-order valence-corrected chi connectivity index (χ2v) is 6.64. The second-order valence-electron chi connectivity index (χ2n) is 5.78. The van der Waals surface area contributed by atoms with Crippen LogP contribution in [0.1, 0.15) is 10.6 Å². The van der Waals surface area contributed by atoms with Gasteiger partial charge in [-0.2, -0.15) is 5.26 Å². The maximum absolute atomic E-state index is 13.1. The smallest absolute Gasteiger partial charge is 0.134 e. The molecule has 0 aliphatic carbocycles. The summed E-state index contributed by atoms with van der Waals surface area (Å²) in [5.41, 5.74) is 3.07. The number of benzene rings is 3. The van der Waals surface area contributed by atoms with Crippen molar-refractivity contribution in [2.24, 2.45) is 0 Å². The van der Waals surface area contributed by atoms with E-state index in [-0.39, 0.29) is 5.82 Å². The summed E-state index contributed by atoms with van der Waals surface area (Å²) < 4.78 is 13.1. The number of thiazole rings is 1. The maximum atomic E-state index is 13.1. The lowest BCUT2D eigenvalue weighted by Crippen LogP contribution is -1.84. The molecule has 1 aromatic heterocycles. The molecule has 0 spiro atoms. The van der Waals surface area contributed by atoms with Gasteiger partial charge >= 0.3 is 0 Å². The van der Waals surface area contributed by atoms with E-state index in [0.717, 1.165) is 27.6 Å². The molecule has 0 N–H and O–H groups in total. The molecule has 26 heavy (non-hydrogen) atoms. The van der Waals surface area contributed by atoms with Gasteiger partial charge in [-0.05, 0) is 46.7 Å². The largest absolute Gasteiger partial charge is 0.235 e. The summed E-state index contributed by atoms with van der Waals surface area (Å²) in [6.07, 6.45) is 1.87. The molecule has 0 radical (unpaired) electrons. The van der Waals surface area contributed by atoms with Gasteiger partial charge in [0, 0.05) is 10.9 Å². The molecule has 3 aromatic carbocycles. The lowest BCUT2D eigenvalue weighted by Gasteiger charge is -2.02. The molecule has 0 bridgehead atoms. The molecular weight excluding hydrogens is 343 g/mol. The minimum atomic E-state index is -0.280. The molecule has 124 valence electrons. The van der Waals surface area contributed by atoms with Crippen molar-refractivity contribution >= 4 is 33.8 Å². The number of hydrogen-bond donors (Lipinski definition) is 0. The Morgan fingerprint density at radius 2 is 1.77 bits per heavy atom. The van der Waals surface area contributed by atoms with Crippen molar-refractivity contribution < 1.29 is 4.39 Å². The van der Waals surface area contributed by atoms with E-state index in [0.29, 0.717) is 10.6 Å². The Morgan fingerprint density at radius 1 is 1.00 bits per heavy atom. The van der Waals surface area contributed by atoms with Gasteiger partial charge in [-0.15, -0.1) is 11.3 Å². The molecule has 2 nitrogen and oxygen atoms in total. The van der Waals surface area contributed by atoms with E-state index in [1.54, 1.807) is 12.1 Å². The molecule has 0 amide bonds. The van der Waals surface area contributed by atoms with E-state index in [1.807, 2.05) is 41.8 Å². The highest BCUT2D eigenvalue weighted by Gasteiger charge is 2.10. The van der Waals surface area contributed by atoms with Crippen molar-refractivity contribution in [3.63, 3.8) is 0 Å². The fourth-order valence-corrected chi connectivity index (χ4v) is 3.62. The number of hydrogen-bond acceptors (Lipinski definition) is 3. The lowest BCUT2D eigenvalue weighted by molar-refractivity contribution is 0.628. The third-order valence-electron chi connectivity index (χ3n) is 4.12. The topological polar surface area (TPSA) is 36.7 Å². The van der Waals surface area contributed by atoms with E-state index >= 15 is 0 Å². The molecule has 4 heteroatoms. The van der Waals surface area contributed by atoms with Crippen LogP contribution in [0.3, 0.4) is 0 Å². The predicted octanol–water partition coefficient (Wildman–Crippen LogP) is 6.17. The van der Waals surface area contributed by atoms with Gasteiger partial charge in [0.2, 0.25) is 0 Å². The molecule has 0 aliphatic heterocycles. The molecule has 0 saturated carbocycles. The van der Waals surface area contributed by atoms with Crippen LogP contribution in [0.2, 0.25) is 0 Å². The van der Waals surface area contributed by atoms with E-state index in [1.165, 1.54) is 23.5 Å². The Kier molecular flexibility index (Phi) is 4.30. The van der Waals surface area contributed by atoms with Gasteiger partial charge in [-0.3, -0.25) is 0 Å². The average molecular weight is 356 g/mol. The molecule has 0 fully saturated rings. The van der Waals surface area contributed by atoms with Crippen LogP contribution < -0.4 is 0 Å². The second kappa shape index (κ2) is 6.91. The van der Waals surface area contributed by atoms with Gasteiger partial charge in [0.05, 0.1) is 11.3 Å². The fraction of sp³-hybridized carbons (Fsp3) is 0. The molecule has 0 atom stereocenters. The number of halogens is 1. The Morgan fingerprint density at radius 3 is 2.58 bits per heavy atom. The summed E-state index contributed by atoms with van der Waals surface area (Å²) in [4.78, 5) is 4.56. The molecule has 0 unspecified atom stereocenters. The summed E-state index contributed by atoms with van der Waals surface area (Å²) in [5.74, 6) is -0.280. The van der Waals surface area contributed by atoms with Crippen molar-refractivity contribution in [3.05, 3.63) is 88.5 Å². The standard InChI is InChI=1S/C22H13FN2S/c23-19-10-8-16(9-11-19)21-14-26-22(25-21)18(13-24)12-17-6-3-5-15-4-1-2-7-20(15)17/h1-12,14H. The normalized spacial score (nSPS) is 11.5. The Balaban J connectivity index is 1.75. The maximum Gasteiger partial charge on any atom is 0.134 e. The van der Waals surface area contributed by atoms with Gasteiger partial charge < -0.3 is 0 Å². The quantitative estimate of drug-likeness (QED) is 0.412. The first kappa shape index (κ1) is 16.2. The molecule has 0 saturated heterocycles. The highest BCUT2D eigenvalue weighted by atomic mass is 32.1. The van der Waals surface area contributed by atoms with Gasteiger partial charge in [-0.1, -0.05) is 42.5 Å².